The van der Waals surface area contributed by atoms with E-state index in [0.29, 0.717) is 0 Å². The quantitative estimate of drug-likeness (QED) is 0.700. The lowest BCUT2D eigenvalue weighted by Crippen LogP contribution is -1.88. The standard InChI is InChI=1S/C15H12IN3/c1-10-6-5-9-12(13(10)16)15-17-14(18-19-15)11-7-3-2-4-8-11/h2-9H,1H3,(H,17,18,19). The lowest BCUT2D eigenvalue weighted by molar-refractivity contribution is 1.10. The maximum atomic E-state index is 4.58. The van der Waals surface area contributed by atoms with Crippen LogP contribution in [0.3, 0.4) is 0 Å². The number of hydrogen-bond donors (Lipinski definition) is 1. The monoisotopic (exact) mass is 361 g/mol. The first-order valence-electron chi connectivity index (χ1n) is 5.99. The van der Waals surface area contributed by atoms with Crippen molar-refractivity contribution in [3.63, 3.8) is 0 Å². The van der Waals surface area contributed by atoms with Gasteiger partial charge in [0.2, 0.25) is 0 Å². The minimum absolute atomic E-state index is 0.730. The highest BCUT2D eigenvalue weighted by Gasteiger charge is 2.10. The minimum atomic E-state index is 0.730. The molecule has 0 unspecified atom stereocenters. The number of aryl methyl sites for hydroxylation is 1. The van der Waals surface area contributed by atoms with Gasteiger partial charge < -0.3 is 0 Å². The maximum Gasteiger partial charge on any atom is 0.181 e. The number of aromatic nitrogens is 3. The van der Waals surface area contributed by atoms with Gasteiger partial charge in [0.1, 0.15) is 0 Å². The van der Waals surface area contributed by atoms with E-state index in [2.05, 4.69) is 56.8 Å². The summed E-state index contributed by atoms with van der Waals surface area (Å²) >= 11 is 2.34. The number of nitrogens with zero attached hydrogens (tertiary/aromatic N) is 2. The topological polar surface area (TPSA) is 41.6 Å². The van der Waals surface area contributed by atoms with Gasteiger partial charge in [0.15, 0.2) is 11.6 Å². The lowest BCUT2D eigenvalue weighted by Gasteiger charge is -2.02. The summed E-state index contributed by atoms with van der Waals surface area (Å²) in [5.41, 5.74) is 3.36. The second-order valence-electron chi connectivity index (χ2n) is 4.31. The van der Waals surface area contributed by atoms with Crippen LogP contribution in [0.25, 0.3) is 22.8 Å². The van der Waals surface area contributed by atoms with Crippen molar-refractivity contribution in [2.24, 2.45) is 0 Å². The highest BCUT2D eigenvalue weighted by molar-refractivity contribution is 14.1. The average Bonchev–Trinajstić information content (AvgIpc) is 2.92. The predicted octanol–water partition coefficient (Wildman–Crippen LogP) is 4.05. The van der Waals surface area contributed by atoms with Gasteiger partial charge in [-0.2, -0.15) is 5.10 Å². The fourth-order valence-electron chi connectivity index (χ4n) is 1.93. The molecular formula is C15H12IN3. The van der Waals surface area contributed by atoms with E-state index in [1.54, 1.807) is 0 Å². The summed E-state index contributed by atoms with van der Waals surface area (Å²) < 4.78 is 1.20. The molecule has 19 heavy (non-hydrogen) atoms. The molecule has 0 bridgehead atoms. The summed E-state index contributed by atoms with van der Waals surface area (Å²) in [6, 6.07) is 16.2. The van der Waals surface area contributed by atoms with Crippen LogP contribution in [0.2, 0.25) is 0 Å². The first kappa shape index (κ1) is 12.3. The first-order chi connectivity index (χ1) is 9.25. The molecule has 1 heterocycles. The summed E-state index contributed by atoms with van der Waals surface area (Å²) in [6.45, 7) is 2.10. The highest BCUT2D eigenvalue weighted by atomic mass is 127. The molecule has 0 aliphatic heterocycles. The van der Waals surface area contributed by atoms with Gasteiger partial charge in [0.05, 0.1) is 0 Å². The van der Waals surface area contributed by atoms with Gasteiger partial charge in [-0.05, 0) is 35.1 Å². The molecule has 3 rings (SSSR count). The second-order valence-corrected chi connectivity index (χ2v) is 5.39. The third-order valence-electron chi connectivity index (χ3n) is 2.96. The molecule has 0 atom stereocenters. The van der Waals surface area contributed by atoms with Gasteiger partial charge in [0, 0.05) is 14.7 Å². The summed E-state index contributed by atoms with van der Waals surface area (Å²) in [4.78, 5) is 4.58. The third-order valence-corrected chi connectivity index (χ3v) is 4.40. The Hall–Kier alpha value is -1.69. The van der Waals surface area contributed by atoms with Crippen LogP contribution in [0.1, 0.15) is 5.56 Å². The molecule has 0 fully saturated rings. The van der Waals surface area contributed by atoms with E-state index in [1.807, 2.05) is 36.4 Å². The molecule has 2 aromatic carbocycles. The smallest absolute Gasteiger partial charge is 0.181 e. The van der Waals surface area contributed by atoms with Crippen LogP contribution in [0.15, 0.2) is 48.5 Å². The number of aromatic amines is 1. The van der Waals surface area contributed by atoms with Crippen LogP contribution < -0.4 is 0 Å². The molecular weight excluding hydrogens is 349 g/mol. The lowest BCUT2D eigenvalue weighted by atomic mass is 10.1. The number of benzene rings is 2. The Morgan fingerprint density at radius 2 is 1.79 bits per heavy atom. The van der Waals surface area contributed by atoms with Crippen LogP contribution >= 0.6 is 22.6 Å². The van der Waals surface area contributed by atoms with Crippen LogP contribution in [0.5, 0.6) is 0 Å². The molecule has 3 aromatic rings. The van der Waals surface area contributed by atoms with Crippen molar-refractivity contribution in [3.8, 4) is 22.8 Å². The van der Waals surface area contributed by atoms with E-state index in [0.717, 1.165) is 22.8 Å². The summed E-state index contributed by atoms with van der Waals surface area (Å²) in [5.74, 6) is 1.54. The first-order valence-corrected chi connectivity index (χ1v) is 7.07. The Bertz CT molecular complexity index is 704. The molecule has 0 saturated heterocycles. The Labute approximate surface area is 125 Å². The van der Waals surface area contributed by atoms with Gasteiger partial charge in [0.25, 0.3) is 0 Å². The predicted molar refractivity (Wildman–Crippen MR) is 84.7 cm³/mol. The largest absolute Gasteiger partial charge is 0.259 e. The average molecular weight is 361 g/mol. The van der Waals surface area contributed by atoms with Crippen molar-refractivity contribution < 1.29 is 0 Å². The van der Waals surface area contributed by atoms with Crippen molar-refractivity contribution in [2.45, 2.75) is 6.92 Å². The SMILES string of the molecule is Cc1cccc(-c2nc(-c3ccccc3)n[nH]2)c1I. The number of H-pyrrole nitrogens is 1. The second kappa shape index (κ2) is 5.13. The van der Waals surface area contributed by atoms with Crippen molar-refractivity contribution in [1.82, 2.24) is 15.2 Å². The minimum Gasteiger partial charge on any atom is -0.259 e. The Morgan fingerprint density at radius 3 is 2.58 bits per heavy atom. The van der Waals surface area contributed by atoms with E-state index in [4.69, 9.17) is 0 Å². The number of rotatable bonds is 2. The van der Waals surface area contributed by atoms with E-state index in [9.17, 15) is 0 Å². The van der Waals surface area contributed by atoms with Crippen LogP contribution in [-0.4, -0.2) is 15.2 Å². The molecule has 94 valence electrons. The van der Waals surface area contributed by atoms with Gasteiger partial charge in [-0.1, -0.05) is 48.5 Å². The highest BCUT2D eigenvalue weighted by Crippen LogP contribution is 2.26. The van der Waals surface area contributed by atoms with Gasteiger partial charge in [-0.3, -0.25) is 5.10 Å². The molecule has 0 amide bonds. The number of halogens is 1. The van der Waals surface area contributed by atoms with E-state index >= 15 is 0 Å². The molecule has 1 N–H and O–H groups in total. The van der Waals surface area contributed by atoms with Crippen LogP contribution in [-0.2, 0) is 0 Å². The molecule has 3 nitrogen and oxygen atoms in total. The molecule has 0 aliphatic carbocycles. The fourth-order valence-corrected chi connectivity index (χ4v) is 2.54. The van der Waals surface area contributed by atoms with Crippen LogP contribution in [0, 0.1) is 10.5 Å². The summed E-state index contributed by atoms with van der Waals surface area (Å²) in [7, 11) is 0. The molecule has 0 spiro atoms. The maximum absolute atomic E-state index is 4.58. The van der Waals surface area contributed by atoms with Gasteiger partial charge in [-0.25, -0.2) is 4.98 Å². The van der Waals surface area contributed by atoms with Crippen molar-refractivity contribution in [1.29, 1.82) is 0 Å². The van der Waals surface area contributed by atoms with Crippen molar-refractivity contribution in [3.05, 3.63) is 57.7 Å². The Morgan fingerprint density at radius 1 is 1.00 bits per heavy atom. The number of nitrogens with one attached hydrogen (secondary N) is 1. The van der Waals surface area contributed by atoms with E-state index in [1.165, 1.54) is 9.13 Å². The van der Waals surface area contributed by atoms with E-state index in [-0.39, 0.29) is 0 Å². The zero-order valence-electron chi connectivity index (χ0n) is 10.4. The molecule has 0 radical (unpaired) electrons. The zero-order valence-corrected chi connectivity index (χ0v) is 12.5. The fraction of sp³-hybridized carbons (Fsp3) is 0.0667. The third kappa shape index (κ3) is 2.40. The molecule has 0 saturated carbocycles. The number of hydrogen-bond acceptors (Lipinski definition) is 2. The molecule has 1 aromatic heterocycles. The van der Waals surface area contributed by atoms with Crippen molar-refractivity contribution in [2.75, 3.05) is 0 Å². The summed E-state index contributed by atoms with van der Waals surface area (Å²) in [6.07, 6.45) is 0. The van der Waals surface area contributed by atoms with Crippen molar-refractivity contribution >= 4 is 22.6 Å². The van der Waals surface area contributed by atoms with E-state index < -0.39 is 0 Å². The molecule has 4 heteroatoms. The normalized spacial score (nSPS) is 10.6. The van der Waals surface area contributed by atoms with Gasteiger partial charge >= 0.3 is 0 Å². The molecule has 0 aliphatic rings. The zero-order chi connectivity index (χ0) is 13.2. The van der Waals surface area contributed by atoms with Crippen LogP contribution in [0.4, 0.5) is 0 Å². The Kier molecular flexibility index (Phi) is 3.33. The summed E-state index contributed by atoms with van der Waals surface area (Å²) in [5, 5.41) is 7.32. The Balaban J connectivity index is 2.05. The van der Waals surface area contributed by atoms with Gasteiger partial charge in [-0.15, -0.1) is 0 Å².